The molecular weight excluding hydrogens is 514 g/mol. The molecule has 0 aromatic heterocycles. The molecular formula is C27H54NO11+. The lowest BCUT2D eigenvalue weighted by molar-refractivity contribution is -0.904. The van der Waals surface area contributed by atoms with Crippen molar-refractivity contribution in [1.82, 2.24) is 0 Å². The molecule has 0 rings (SSSR count). The topological polar surface area (TPSA) is 161 Å². The predicted octanol–water partition coefficient (Wildman–Crippen LogP) is -0.803. The molecule has 39 heavy (non-hydrogen) atoms. The third-order valence-electron chi connectivity index (χ3n) is 6.42. The predicted molar refractivity (Wildman–Crippen MR) is 145 cm³/mol. The molecule has 0 fully saturated rings. The highest BCUT2D eigenvalue weighted by atomic mass is 16.7. The van der Waals surface area contributed by atoms with E-state index in [-0.39, 0.29) is 53.2 Å². The first-order valence-electron chi connectivity index (χ1n) is 13.7. The minimum absolute atomic E-state index is 0.0404. The minimum Gasteiger partial charge on any atom is -0.476 e. The number of aliphatic hydroxyl groups excluding tert-OH is 5. The third-order valence-corrected chi connectivity index (χ3v) is 6.42. The second kappa shape index (κ2) is 25.6. The zero-order chi connectivity index (χ0) is 29.2. The first-order chi connectivity index (χ1) is 18.9. The Labute approximate surface area is 233 Å². The Morgan fingerprint density at radius 2 is 1.33 bits per heavy atom. The summed E-state index contributed by atoms with van der Waals surface area (Å²) in [6, 6.07) is 0. The van der Waals surface area contributed by atoms with Gasteiger partial charge in [0.2, 0.25) is 0 Å². The molecule has 0 bridgehead atoms. The lowest BCUT2D eigenvalue weighted by Crippen LogP contribution is -3.14. The van der Waals surface area contributed by atoms with Gasteiger partial charge < -0.3 is 58.9 Å². The number of ether oxygens (including phenoxy) is 6. The maximum Gasteiger partial charge on any atom is 0.188 e. The van der Waals surface area contributed by atoms with E-state index in [9.17, 15) is 25.5 Å². The molecule has 0 aliphatic rings. The Morgan fingerprint density at radius 3 is 1.87 bits per heavy atom. The number of quaternary nitrogens is 1. The van der Waals surface area contributed by atoms with Gasteiger partial charge in [0, 0.05) is 5.41 Å². The van der Waals surface area contributed by atoms with Crippen LogP contribution in [-0.2, 0) is 28.4 Å². The lowest BCUT2D eigenvalue weighted by Gasteiger charge is -2.37. The van der Waals surface area contributed by atoms with Gasteiger partial charge in [-0.1, -0.05) is 20.1 Å². The third kappa shape index (κ3) is 19.4. The molecule has 0 aliphatic carbocycles. The lowest BCUT2D eigenvalue weighted by atomic mass is 9.78. The number of rotatable bonds is 30. The Morgan fingerprint density at radius 1 is 0.769 bits per heavy atom. The van der Waals surface area contributed by atoms with Crippen molar-refractivity contribution in [2.75, 3.05) is 86.1 Å². The Hall–Kier alpha value is -1.32. The van der Waals surface area contributed by atoms with Crippen molar-refractivity contribution in [3.63, 3.8) is 0 Å². The van der Waals surface area contributed by atoms with Gasteiger partial charge in [0.15, 0.2) is 13.6 Å². The van der Waals surface area contributed by atoms with Crippen LogP contribution >= 0.6 is 0 Å². The van der Waals surface area contributed by atoms with Gasteiger partial charge in [-0.2, -0.15) is 0 Å². The fraction of sp³-hybridized carbons (Fsp3) is 0.852. The first-order valence-corrected chi connectivity index (χ1v) is 13.7. The van der Waals surface area contributed by atoms with Gasteiger partial charge in [-0.25, -0.2) is 0 Å². The highest BCUT2D eigenvalue weighted by Gasteiger charge is 2.37. The van der Waals surface area contributed by atoms with Crippen molar-refractivity contribution in [3.05, 3.63) is 25.7 Å². The van der Waals surface area contributed by atoms with Crippen LogP contribution < -0.4 is 4.90 Å². The zero-order valence-electron chi connectivity index (χ0n) is 23.7. The Kier molecular flexibility index (Phi) is 24.8. The van der Waals surface area contributed by atoms with E-state index >= 15 is 0 Å². The molecule has 0 saturated carbocycles. The number of unbranched alkanes of at least 4 members (excludes halogenated alkanes) is 1. The van der Waals surface area contributed by atoms with Crippen molar-refractivity contribution in [2.45, 2.75) is 57.3 Å². The summed E-state index contributed by atoms with van der Waals surface area (Å²) < 4.78 is 32.1. The Balaban J connectivity index is 4.90. The van der Waals surface area contributed by atoms with Crippen LogP contribution in [-0.4, -0.2) is 130 Å². The minimum atomic E-state index is -0.799. The van der Waals surface area contributed by atoms with Crippen LogP contribution in [0.15, 0.2) is 25.7 Å². The first kappa shape index (κ1) is 37.7. The smallest absolute Gasteiger partial charge is 0.188 e. The van der Waals surface area contributed by atoms with E-state index in [1.54, 1.807) is 0 Å². The second-order valence-corrected chi connectivity index (χ2v) is 9.47. The average molecular weight is 569 g/mol. The summed E-state index contributed by atoms with van der Waals surface area (Å²) in [5.74, 6) is 0. The molecule has 232 valence electrons. The maximum absolute atomic E-state index is 11.2. The standard InChI is InChI=1S/C27H53NO11/c1-4-27(26(33)9-7-8-15-36-22-34-5-2,20-38-18-24(31)10-16-37-23-35-6-3)21-39-19-25(32)17-28(11-13-29)12-14-30/h5-6,24-26,29-33H,2-4,7-23H2,1H3/p+1. The SMILES string of the molecule is C=COCOCCCCC(O)C(CC)(COCC(O)CCOCOC=C)COCC(O)C[NH+](CCO)CCO. The van der Waals surface area contributed by atoms with Crippen LogP contribution in [0.1, 0.15) is 39.0 Å². The largest absolute Gasteiger partial charge is 0.476 e. The van der Waals surface area contributed by atoms with E-state index in [1.165, 1.54) is 12.5 Å². The van der Waals surface area contributed by atoms with Gasteiger partial charge in [-0.3, -0.25) is 0 Å². The van der Waals surface area contributed by atoms with Gasteiger partial charge >= 0.3 is 0 Å². The maximum atomic E-state index is 11.2. The number of hydrogen-bond acceptors (Lipinski definition) is 11. The van der Waals surface area contributed by atoms with E-state index in [2.05, 4.69) is 13.2 Å². The van der Waals surface area contributed by atoms with Gasteiger partial charge in [-0.15, -0.1) is 0 Å². The molecule has 0 aliphatic heterocycles. The average Bonchev–Trinajstić information content (AvgIpc) is 2.91. The van der Waals surface area contributed by atoms with E-state index in [0.29, 0.717) is 58.5 Å². The summed E-state index contributed by atoms with van der Waals surface area (Å²) in [7, 11) is 0. The fourth-order valence-electron chi connectivity index (χ4n) is 3.97. The van der Waals surface area contributed by atoms with Crippen molar-refractivity contribution >= 4 is 0 Å². The van der Waals surface area contributed by atoms with E-state index in [0.717, 1.165) is 11.3 Å². The quantitative estimate of drug-likeness (QED) is 0.0366. The molecule has 4 unspecified atom stereocenters. The molecule has 0 saturated heterocycles. The summed E-state index contributed by atoms with van der Waals surface area (Å²) >= 11 is 0. The normalized spacial score (nSPS) is 15.5. The molecule has 4 atom stereocenters. The van der Waals surface area contributed by atoms with Crippen LogP contribution in [0.25, 0.3) is 0 Å². The molecule has 0 amide bonds. The number of hydrogen-bond donors (Lipinski definition) is 6. The highest BCUT2D eigenvalue weighted by Crippen LogP contribution is 2.31. The monoisotopic (exact) mass is 568 g/mol. The van der Waals surface area contributed by atoms with E-state index in [1.807, 2.05) is 6.92 Å². The van der Waals surface area contributed by atoms with Crippen LogP contribution in [0.4, 0.5) is 0 Å². The molecule has 0 heterocycles. The summed E-state index contributed by atoms with van der Waals surface area (Å²) in [6.45, 7) is 11.3. The highest BCUT2D eigenvalue weighted by molar-refractivity contribution is 4.86. The molecule has 12 nitrogen and oxygen atoms in total. The van der Waals surface area contributed by atoms with Gasteiger partial charge in [-0.05, 0) is 32.1 Å². The van der Waals surface area contributed by atoms with E-state index < -0.39 is 23.7 Å². The van der Waals surface area contributed by atoms with Gasteiger partial charge in [0.1, 0.15) is 25.7 Å². The van der Waals surface area contributed by atoms with Gasteiger partial charge in [0.05, 0.1) is 77.6 Å². The summed E-state index contributed by atoms with van der Waals surface area (Å²) in [5.41, 5.74) is -0.747. The molecule has 6 N–H and O–H groups in total. The zero-order valence-corrected chi connectivity index (χ0v) is 23.7. The van der Waals surface area contributed by atoms with Crippen LogP contribution in [0.2, 0.25) is 0 Å². The number of aliphatic hydroxyl groups is 5. The van der Waals surface area contributed by atoms with Crippen LogP contribution in [0.3, 0.4) is 0 Å². The van der Waals surface area contributed by atoms with Gasteiger partial charge in [0.25, 0.3) is 0 Å². The van der Waals surface area contributed by atoms with Crippen molar-refractivity contribution in [3.8, 4) is 0 Å². The molecule has 0 aromatic carbocycles. The summed E-state index contributed by atoms with van der Waals surface area (Å²) in [5, 5.41) is 50.2. The van der Waals surface area contributed by atoms with E-state index in [4.69, 9.17) is 28.4 Å². The van der Waals surface area contributed by atoms with Crippen molar-refractivity contribution in [2.24, 2.45) is 5.41 Å². The number of nitrogens with one attached hydrogen (secondary N) is 1. The van der Waals surface area contributed by atoms with Crippen LogP contribution in [0, 0.1) is 5.41 Å². The second-order valence-electron chi connectivity index (χ2n) is 9.47. The fourth-order valence-corrected chi connectivity index (χ4v) is 3.97. The molecule has 0 spiro atoms. The van der Waals surface area contributed by atoms with Crippen molar-refractivity contribution < 1.29 is 58.9 Å². The molecule has 12 heteroatoms. The molecule has 0 radical (unpaired) electrons. The van der Waals surface area contributed by atoms with Crippen LogP contribution in [0.5, 0.6) is 0 Å². The molecule has 0 aromatic rings. The Bertz CT molecular complexity index is 566. The summed E-state index contributed by atoms with van der Waals surface area (Å²) in [4.78, 5) is 0.871. The summed E-state index contributed by atoms with van der Waals surface area (Å²) in [6.07, 6.45) is 3.17. The van der Waals surface area contributed by atoms with Crippen molar-refractivity contribution in [1.29, 1.82) is 0 Å².